The molecule has 0 radical (unpaired) electrons. The van der Waals surface area contributed by atoms with Gasteiger partial charge in [-0.1, -0.05) is 6.92 Å². The van der Waals surface area contributed by atoms with E-state index >= 15 is 0 Å². The fraction of sp³-hybridized carbons (Fsp3) is 0.364. The minimum Gasteiger partial charge on any atom is -0.390 e. The number of halogens is 1. The molecule has 0 bridgehead atoms. The molecule has 0 aromatic carbocycles. The van der Waals surface area contributed by atoms with E-state index in [4.69, 9.17) is 0 Å². The number of nitro groups is 1. The van der Waals surface area contributed by atoms with Crippen molar-refractivity contribution in [2.75, 3.05) is 11.9 Å². The van der Waals surface area contributed by atoms with Crippen molar-refractivity contribution in [1.82, 2.24) is 19.7 Å². The molecule has 0 aliphatic carbocycles. The number of anilines is 1. The van der Waals surface area contributed by atoms with Gasteiger partial charge in [-0.05, 0) is 34.0 Å². The second-order valence-electron chi connectivity index (χ2n) is 4.07. The van der Waals surface area contributed by atoms with Crippen molar-refractivity contribution in [2.24, 2.45) is 0 Å². The number of nitrogens with one attached hydrogen (secondary N) is 1. The molecule has 0 atom stereocenters. The van der Waals surface area contributed by atoms with E-state index in [9.17, 15) is 10.1 Å². The molecule has 0 aliphatic rings. The monoisotopic (exact) mass is 340 g/mol. The number of aromatic nitrogens is 4. The quantitative estimate of drug-likeness (QED) is 0.639. The molecule has 0 amide bonds. The highest BCUT2D eigenvalue weighted by atomic mass is 79.9. The molecule has 2 rings (SSSR count). The topological polar surface area (TPSA) is 98.8 Å². The summed E-state index contributed by atoms with van der Waals surface area (Å²) in [5.74, 6) is 0.352. The van der Waals surface area contributed by atoms with Crippen LogP contribution < -0.4 is 5.32 Å². The predicted molar refractivity (Wildman–Crippen MR) is 76.5 cm³/mol. The third-order valence-electron chi connectivity index (χ3n) is 2.49. The molecular weight excluding hydrogens is 328 g/mol. The van der Waals surface area contributed by atoms with Crippen molar-refractivity contribution in [3.63, 3.8) is 0 Å². The van der Waals surface area contributed by atoms with Crippen LogP contribution in [0.2, 0.25) is 0 Å². The van der Waals surface area contributed by atoms with Gasteiger partial charge in [-0.15, -0.1) is 0 Å². The maximum absolute atomic E-state index is 10.6. The number of rotatable bonds is 6. The van der Waals surface area contributed by atoms with E-state index in [1.165, 1.54) is 4.68 Å². The lowest BCUT2D eigenvalue weighted by Crippen LogP contribution is -2.05. The molecule has 0 unspecified atom stereocenters. The van der Waals surface area contributed by atoms with E-state index < -0.39 is 10.9 Å². The summed E-state index contributed by atoms with van der Waals surface area (Å²) in [6, 6.07) is 3.71. The summed E-state index contributed by atoms with van der Waals surface area (Å²) in [4.78, 5) is 17.9. The molecule has 2 heterocycles. The van der Waals surface area contributed by atoms with E-state index in [-0.39, 0.29) is 0 Å². The van der Waals surface area contributed by atoms with Crippen LogP contribution in [0.25, 0.3) is 0 Å². The second kappa shape index (κ2) is 6.42. The normalized spacial score (nSPS) is 10.5. The van der Waals surface area contributed by atoms with Crippen molar-refractivity contribution in [1.29, 1.82) is 0 Å². The van der Waals surface area contributed by atoms with Crippen LogP contribution >= 0.6 is 15.9 Å². The maximum atomic E-state index is 10.6. The third-order valence-corrected chi connectivity index (χ3v) is 3.08. The Hall–Kier alpha value is -2.03. The van der Waals surface area contributed by atoms with Crippen molar-refractivity contribution in [3.05, 3.63) is 38.7 Å². The Bertz CT molecular complexity index is 615. The standard InChI is InChI=1S/C11H13BrN6O2/c1-2-4-13-9-6-8(3-5-14-9)7-17-10(12)15-11(16-17)18(19)20/h3,5-6H,2,4,7H2,1H3,(H,13,14). The van der Waals surface area contributed by atoms with Crippen LogP contribution in [0, 0.1) is 10.1 Å². The lowest BCUT2D eigenvalue weighted by atomic mass is 10.2. The van der Waals surface area contributed by atoms with Gasteiger partial charge in [0.1, 0.15) is 5.82 Å². The number of pyridine rings is 1. The van der Waals surface area contributed by atoms with E-state index in [1.807, 2.05) is 12.1 Å². The summed E-state index contributed by atoms with van der Waals surface area (Å²) in [5, 5.41) is 17.6. The summed E-state index contributed by atoms with van der Waals surface area (Å²) in [6.45, 7) is 3.29. The Morgan fingerprint density at radius 2 is 2.35 bits per heavy atom. The molecule has 1 N–H and O–H groups in total. The summed E-state index contributed by atoms with van der Waals surface area (Å²) in [5.41, 5.74) is 0.930. The van der Waals surface area contributed by atoms with Gasteiger partial charge in [-0.25, -0.2) is 4.98 Å². The molecule has 2 aromatic rings. The van der Waals surface area contributed by atoms with E-state index in [1.54, 1.807) is 6.20 Å². The van der Waals surface area contributed by atoms with Gasteiger partial charge in [0.2, 0.25) is 0 Å². The SMILES string of the molecule is CCCNc1cc(Cn2nc([N+](=O)[O-])nc2Br)ccn1. The molecule has 8 nitrogen and oxygen atoms in total. The summed E-state index contributed by atoms with van der Waals surface area (Å²) in [7, 11) is 0. The largest absolute Gasteiger partial charge is 0.492 e. The number of nitrogens with zero attached hydrogens (tertiary/aromatic N) is 5. The highest BCUT2D eigenvalue weighted by Gasteiger charge is 2.19. The Morgan fingerprint density at radius 3 is 3.00 bits per heavy atom. The first-order valence-corrected chi connectivity index (χ1v) is 6.83. The molecule has 0 spiro atoms. The highest BCUT2D eigenvalue weighted by molar-refractivity contribution is 9.10. The van der Waals surface area contributed by atoms with Crippen molar-refractivity contribution >= 4 is 27.7 Å². The van der Waals surface area contributed by atoms with Crippen LogP contribution in [-0.4, -0.2) is 31.2 Å². The maximum Gasteiger partial charge on any atom is 0.492 e. The van der Waals surface area contributed by atoms with Gasteiger partial charge in [0.25, 0.3) is 4.73 Å². The lowest BCUT2D eigenvalue weighted by molar-refractivity contribution is -0.394. The molecule has 2 aromatic heterocycles. The highest BCUT2D eigenvalue weighted by Crippen LogP contribution is 2.15. The summed E-state index contributed by atoms with van der Waals surface area (Å²) in [6.07, 6.45) is 2.69. The van der Waals surface area contributed by atoms with Gasteiger partial charge >= 0.3 is 5.95 Å². The fourth-order valence-corrected chi connectivity index (χ4v) is 1.95. The zero-order valence-corrected chi connectivity index (χ0v) is 12.4. The lowest BCUT2D eigenvalue weighted by Gasteiger charge is -2.05. The first kappa shape index (κ1) is 14.4. The minimum absolute atomic E-state index is 0.323. The molecule has 0 aliphatic heterocycles. The van der Waals surface area contributed by atoms with Gasteiger partial charge < -0.3 is 15.4 Å². The number of hydrogen-bond acceptors (Lipinski definition) is 6. The van der Waals surface area contributed by atoms with E-state index in [0.717, 1.165) is 24.3 Å². The molecule has 20 heavy (non-hydrogen) atoms. The molecule has 106 valence electrons. The fourth-order valence-electron chi connectivity index (χ4n) is 1.59. The van der Waals surface area contributed by atoms with Crippen molar-refractivity contribution in [2.45, 2.75) is 19.9 Å². The zero-order valence-electron chi connectivity index (χ0n) is 10.8. The summed E-state index contributed by atoms with van der Waals surface area (Å²) < 4.78 is 1.75. The van der Waals surface area contributed by atoms with Gasteiger partial charge in [0.05, 0.1) is 6.54 Å². The molecule has 0 saturated carbocycles. The Balaban J connectivity index is 2.15. The van der Waals surface area contributed by atoms with E-state index in [2.05, 4.69) is 43.2 Å². The van der Waals surface area contributed by atoms with Crippen molar-refractivity contribution in [3.8, 4) is 0 Å². The van der Waals surface area contributed by atoms with E-state index in [0.29, 0.717) is 11.3 Å². The Morgan fingerprint density at radius 1 is 1.55 bits per heavy atom. The van der Waals surface area contributed by atoms with Crippen LogP contribution in [0.4, 0.5) is 11.8 Å². The Kier molecular flexibility index (Phi) is 4.61. The first-order valence-electron chi connectivity index (χ1n) is 6.03. The average molecular weight is 341 g/mol. The molecule has 9 heteroatoms. The second-order valence-corrected chi connectivity index (χ2v) is 4.78. The Labute approximate surface area is 123 Å². The van der Waals surface area contributed by atoms with Gasteiger partial charge in [-0.2, -0.15) is 4.68 Å². The summed E-state index contributed by atoms with van der Waals surface area (Å²) >= 11 is 3.16. The van der Waals surface area contributed by atoms with Gasteiger partial charge in [0, 0.05) is 33.8 Å². The molecular formula is C11H13BrN6O2. The first-order chi connectivity index (χ1) is 9.60. The van der Waals surface area contributed by atoms with Crippen LogP contribution in [0.3, 0.4) is 0 Å². The predicted octanol–water partition coefficient (Wildman–Crippen LogP) is 2.21. The third kappa shape index (κ3) is 3.50. The van der Waals surface area contributed by atoms with Crippen molar-refractivity contribution < 1.29 is 4.92 Å². The molecule has 0 fully saturated rings. The van der Waals surface area contributed by atoms with Crippen LogP contribution in [-0.2, 0) is 6.54 Å². The number of hydrogen-bond donors (Lipinski definition) is 1. The van der Waals surface area contributed by atoms with Gasteiger partial charge in [-0.3, -0.25) is 0 Å². The average Bonchev–Trinajstić information content (AvgIpc) is 2.79. The smallest absolute Gasteiger partial charge is 0.390 e. The zero-order chi connectivity index (χ0) is 14.5. The van der Waals surface area contributed by atoms with Crippen LogP contribution in [0.5, 0.6) is 0 Å². The van der Waals surface area contributed by atoms with Crippen LogP contribution in [0.1, 0.15) is 18.9 Å². The minimum atomic E-state index is -0.623. The van der Waals surface area contributed by atoms with Gasteiger partial charge in [0.15, 0.2) is 0 Å². The molecule has 0 saturated heterocycles. The van der Waals surface area contributed by atoms with Crippen LogP contribution in [0.15, 0.2) is 23.1 Å².